The van der Waals surface area contributed by atoms with Crippen molar-refractivity contribution in [3.63, 3.8) is 0 Å². The van der Waals surface area contributed by atoms with E-state index < -0.39 is 0 Å². The van der Waals surface area contributed by atoms with Crippen molar-refractivity contribution in [2.45, 2.75) is 31.0 Å². The van der Waals surface area contributed by atoms with Crippen LogP contribution in [0.3, 0.4) is 0 Å². The molecule has 0 saturated carbocycles. The molecule has 154 valence electrons. The Bertz CT molecular complexity index is 671. The molecule has 1 amide bonds. The van der Waals surface area contributed by atoms with Crippen molar-refractivity contribution in [2.75, 3.05) is 59.5 Å². The number of ether oxygens (including phenoxy) is 1. The van der Waals surface area contributed by atoms with Gasteiger partial charge in [0.2, 0.25) is 5.91 Å². The van der Waals surface area contributed by atoms with Crippen molar-refractivity contribution in [1.82, 2.24) is 20.0 Å². The zero-order valence-electron chi connectivity index (χ0n) is 16.6. The fourth-order valence-electron chi connectivity index (χ4n) is 4.59. The molecular weight excluding hydrogens is 376 g/mol. The molecule has 1 aromatic carbocycles. The highest BCUT2D eigenvalue weighted by atomic mass is 35.5. The molecule has 4 rings (SSSR count). The number of carbonyl (C=O) groups excluding carboxylic acids is 1. The fourth-order valence-corrected chi connectivity index (χ4v) is 4.72. The molecule has 3 heterocycles. The number of nitrogens with zero attached hydrogens (tertiary/aromatic N) is 3. The van der Waals surface area contributed by atoms with Crippen molar-refractivity contribution in [1.29, 1.82) is 0 Å². The number of amides is 1. The van der Waals surface area contributed by atoms with Gasteiger partial charge in [0.25, 0.3) is 0 Å². The Balaban J connectivity index is 1.26. The zero-order chi connectivity index (χ0) is 19.5. The normalized spacial score (nSPS) is 30.0. The average molecular weight is 407 g/mol. The summed E-state index contributed by atoms with van der Waals surface area (Å²) < 4.78 is 6.11. The van der Waals surface area contributed by atoms with E-state index in [0.29, 0.717) is 12.6 Å². The van der Waals surface area contributed by atoms with Gasteiger partial charge in [-0.1, -0.05) is 23.7 Å². The molecule has 0 spiro atoms. The summed E-state index contributed by atoms with van der Waals surface area (Å²) >= 11 is 6.00. The fraction of sp³-hybridized carbons (Fsp3) is 0.667. The first kappa shape index (κ1) is 20.1. The van der Waals surface area contributed by atoms with Crippen LogP contribution in [-0.4, -0.2) is 92.2 Å². The van der Waals surface area contributed by atoms with E-state index in [1.165, 1.54) is 5.56 Å². The van der Waals surface area contributed by atoms with Gasteiger partial charge in [-0.2, -0.15) is 0 Å². The Kier molecular flexibility index (Phi) is 6.53. The second kappa shape index (κ2) is 9.09. The molecule has 3 fully saturated rings. The van der Waals surface area contributed by atoms with E-state index in [1.54, 1.807) is 0 Å². The molecule has 28 heavy (non-hydrogen) atoms. The van der Waals surface area contributed by atoms with E-state index >= 15 is 0 Å². The Morgan fingerprint density at radius 1 is 1.18 bits per heavy atom. The quantitative estimate of drug-likeness (QED) is 0.823. The first-order valence-electron chi connectivity index (χ1n) is 10.4. The predicted molar refractivity (Wildman–Crippen MR) is 111 cm³/mol. The summed E-state index contributed by atoms with van der Waals surface area (Å²) in [5, 5.41) is 4.01. The smallest absolute Gasteiger partial charge is 0.234 e. The van der Waals surface area contributed by atoms with E-state index in [1.807, 2.05) is 24.3 Å². The van der Waals surface area contributed by atoms with Gasteiger partial charge in [0, 0.05) is 43.3 Å². The van der Waals surface area contributed by atoms with Crippen molar-refractivity contribution >= 4 is 17.5 Å². The summed E-state index contributed by atoms with van der Waals surface area (Å²) in [5.74, 6) is 0.157. The summed E-state index contributed by atoms with van der Waals surface area (Å²) in [7, 11) is 2.15. The number of halogens is 1. The maximum Gasteiger partial charge on any atom is 0.234 e. The summed E-state index contributed by atoms with van der Waals surface area (Å²) in [6.45, 7) is 7.15. The maximum absolute atomic E-state index is 12.6. The van der Waals surface area contributed by atoms with Crippen molar-refractivity contribution in [3.8, 4) is 0 Å². The Morgan fingerprint density at radius 2 is 2.00 bits per heavy atom. The van der Waals surface area contributed by atoms with Gasteiger partial charge in [0.15, 0.2) is 0 Å². The van der Waals surface area contributed by atoms with Gasteiger partial charge >= 0.3 is 0 Å². The molecule has 0 bridgehead atoms. The van der Waals surface area contributed by atoms with Crippen LogP contribution < -0.4 is 5.32 Å². The highest BCUT2D eigenvalue weighted by Crippen LogP contribution is 2.30. The van der Waals surface area contributed by atoms with E-state index in [-0.39, 0.29) is 18.1 Å². The van der Waals surface area contributed by atoms with Crippen LogP contribution in [0.25, 0.3) is 0 Å². The van der Waals surface area contributed by atoms with Crippen molar-refractivity contribution in [3.05, 3.63) is 34.9 Å². The van der Waals surface area contributed by atoms with Gasteiger partial charge < -0.3 is 15.0 Å². The first-order chi connectivity index (χ1) is 13.6. The number of hydrogen-bond donors (Lipinski definition) is 1. The summed E-state index contributed by atoms with van der Waals surface area (Å²) in [6, 6.07) is 8.54. The molecule has 3 aliphatic rings. The second-order valence-corrected chi connectivity index (χ2v) is 8.85. The number of hydrogen-bond acceptors (Lipinski definition) is 5. The molecule has 3 aliphatic heterocycles. The molecular formula is C21H31ClN4O2. The van der Waals surface area contributed by atoms with Crippen LogP contribution in [0.4, 0.5) is 0 Å². The number of carbonyl (C=O) groups is 1. The average Bonchev–Trinajstić information content (AvgIpc) is 2.96. The third-order valence-electron chi connectivity index (χ3n) is 6.20. The molecule has 1 aromatic rings. The molecule has 0 radical (unpaired) electrons. The largest absolute Gasteiger partial charge is 0.371 e. The summed E-state index contributed by atoms with van der Waals surface area (Å²) in [5.41, 5.74) is 1.17. The van der Waals surface area contributed by atoms with Gasteiger partial charge in [0.1, 0.15) is 0 Å². The Morgan fingerprint density at radius 3 is 2.82 bits per heavy atom. The molecule has 7 heteroatoms. The molecule has 3 saturated heterocycles. The van der Waals surface area contributed by atoms with E-state index in [4.69, 9.17) is 16.3 Å². The number of morpholine rings is 1. The minimum absolute atomic E-state index is 0.0806. The zero-order valence-corrected chi connectivity index (χ0v) is 17.4. The third-order valence-corrected chi connectivity index (χ3v) is 6.46. The van der Waals surface area contributed by atoms with Crippen LogP contribution in [0.15, 0.2) is 24.3 Å². The highest BCUT2D eigenvalue weighted by molar-refractivity contribution is 6.30. The molecule has 3 atom stereocenters. The monoisotopic (exact) mass is 406 g/mol. The molecule has 0 unspecified atom stereocenters. The van der Waals surface area contributed by atoms with Crippen LogP contribution in [0, 0.1) is 0 Å². The lowest BCUT2D eigenvalue weighted by Gasteiger charge is -2.35. The SMILES string of the molecule is CN1CCCN(CC(=O)N[C@H]2C[C@H]3CO[C@@H](c4ccc(Cl)cc4)CN3C2)CC1. The van der Waals surface area contributed by atoms with Gasteiger partial charge in [-0.15, -0.1) is 0 Å². The van der Waals surface area contributed by atoms with E-state index in [9.17, 15) is 4.79 Å². The minimum Gasteiger partial charge on any atom is -0.371 e. The van der Waals surface area contributed by atoms with Crippen LogP contribution in [-0.2, 0) is 9.53 Å². The van der Waals surface area contributed by atoms with Crippen LogP contribution in [0.1, 0.15) is 24.5 Å². The van der Waals surface area contributed by atoms with Gasteiger partial charge in [-0.05, 0) is 50.7 Å². The predicted octanol–water partition coefficient (Wildman–Crippen LogP) is 1.61. The van der Waals surface area contributed by atoms with Crippen LogP contribution in [0.2, 0.25) is 5.02 Å². The number of nitrogens with one attached hydrogen (secondary N) is 1. The molecule has 1 N–H and O–H groups in total. The Hall–Kier alpha value is -1.18. The topological polar surface area (TPSA) is 48.1 Å². The van der Waals surface area contributed by atoms with E-state index in [0.717, 1.165) is 63.7 Å². The maximum atomic E-state index is 12.6. The van der Waals surface area contributed by atoms with Crippen LogP contribution >= 0.6 is 11.6 Å². The third kappa shape index (κ3) is 5.05. The van der Waals surface area contributed by atoms with Crippen molar-refractivity contribution < 1.29 is 9.53 Å². The second-order valence-electron chi connectivity index (χ2n) is 8.41. The lowest BCUT2D eigenvalue weighted by Crippen LogP contribution is -2.44. The van der Waals surface area contributed by atoms with Crippen molar-refractivity contribution in [2.24, 2.45) is 0 Å². The summed E-state index contributed by atoms with van der Waals surface area (Å²) in [4.78, 5) is 19.6. The molecule has 0 aromatic heterocycles. The first-order valence-corrected chi connectivity index (χ1v) is 10.8. The number of benzene rings is 1. The number of likely N-dealkylation sites (N-methyl/N-ethyl adjacent to an activating group) is 1. The molecule has 6 nitrogen and oxygen atoms in total. The van der Waals surface area contributed by atoms with Gasteiger partial charge in [0.05, 0.1) is 19.3 Å². The van der Waals surface area contributed by atoms with E-state index in [2.05, 4.69) is 27.1 Å². The lowest BCUT2D eigenvalue weighted by atomic mass is 10.1. The number of rotatable bonds is 4. The minimum atomic E-state index is 0.0806. The van der Waals surface area contributed by atoms with Crippen LogP contribution in [0.5, 0.6) is 0 Å². The van der Waals surface area contributed by atoms with Gasteiger partial charge in [-0.3, -0.25) is 14.6 Å². The summed E-state index contributed by atoms with van der Waals surface area (Å²) in [6.07, 6.45) is 2.19. The standard InChI is InChI=1S/C21H31ClN4O2/c1-24-7-2-8-25(10-9-24)14-21(27)23-18-11-19-15-28-20(13-26(19)12-18)16-3-5-17(22)6-4-16/h3-6,18-20H,2,7-15H2,1H3,(H,23,27)/t18-,19-,20+/m0/s1. The Labute approximate surface area is 172 Å². The molecule has 0 aliphatic carbocycles. The lowest BCUT2D eigenvalue weighted by molar-refractivity contribution is -0.122. The highest BCUT2D eigenvalue weighted by Gasteiger charge is 2.38. The van der Waals surface area contributed by atoms with Gasteiger partial charge in [-0.25, -0.2) is 0 Å². The number of fused-ring (bicyclic) bond motifs is 1.